The molecule has 0 N–H and O–H groups in total. The number of aliphatic imine (C=N–C) groups is 1. The van der Waals surface area contributed by atoms with E-state index in [4.69, 9.17) is 23.2 Å². The van der Waals surface area contributed by atoms with Crippen LogP contribution in [0.5, 0.6) is 0 Å². The first-order valence-corrected chi connectivity index (χ1v) is 11.2. The molecule has 1 aliphatic rings. The summed E-state index contributed by atoms with van der Waals surface area (Å²) in [6, 6.07) is 9.56. The van der Waals surface area contributed by atoms with Crippen LogP contribution < -0.4 is 0 Å². The summed E-state index contributed by atoms with van der Waals surface area (Å²) < 4.78 is 44.7. The van der Waals surface area contributed by atoms with Crippen LogP contribution in [0.1, 0.15) is 42.0 Å². The fourth-order valence-electron chi connectivity index (χ4n) is 3.50. The molecule has 0 saturated heterocycles. The van der Waals surface area contributed by atoms with Gasteiger partial charge in [0.15, 0.2) is 4.75 Å². The van der Waals surface area contributed by atoms with Gasteiger partial charge in [0.25, 0.3) is 0 Å². The van der Waals surface area contributed by atoms with Gasteiger partial charge in [0, 0.05) is 35.6 Å². The average molecular weight is 485 g/mol. The lowest BCUT2D eigenvalue weighted by atomic mass is 9.88. The van der Waals surface area contributed by atoms with Crippen LogP contribution in [0.15, 0.2) is 52.4 Å². The molecule has 2 nitrogen and oxygen atoms in total. The van der Waals surface area contributed by atoms with Crippen LogP contribution in [0.2, 0.25) is 10.0 Å². The van der Waals surface area contributed by atoms with Crippen LogP contribution in [0, 0.1) is 6.92 Å². The molecule has 0 aliphatic carbocycles. The predicted octanol–water partition coefficient (Wildman–Crippen LogP) is 8.09. The smallest absolute Gasteiger partial charge is 0.297 e. The number of hydrogen-bond acceptors (Lipinski definition) is 3. The van der Waals surface area contributed by atoms with E-state index in [2.05, 4.69) is 16.0 Å². The van der Waals surface area contributed by atoms with Gasteiger partial charge in [0.05, 0.1) is 5.71 Å². The van der Waals surface area contributed by atoms with Gasteiger partial charge < -0.3 is 0 Å². The molecule has 0 aromatic heterocycles. The summed E-state index contributed by atoms with van der Waals surface area (Å²) in [6.07, 6.45) is -2.40. The zero-order chi connectivity index (χ0) is 22.8. The molecule has 2 aromatic carbocycles. The molecule has 0 saturated carbocycles. The van der Waals surface area contributed by atoms with Crippen molar-refractivity contribution in [2.24, 2.45) is 9.39 Å². The van der Waals surface area contributed by atoms with Gasteiger partial charge in [-0.15, -0.1) is 0 Å². The van der Waals surface area contributed by atoms with Gasteiger partial charge >= 0.3 is 6.18 Å². The van der Waals surface area contributed by atoms with Gasteiger partial charge in [-0.1, -0.05) is 41.9 Å². The number of nitrogens with zero attached hydrogens (tertiary/aromatic N) is 2. The summed E-state index contributed by atoms with van der Waals surface area (Å²) in [7, 11) is 0. The number of rotatable bonds is 6. The molecule has 0 amide bonds. The lowest BCUT2D eigenvalue weighted by molar-refractivity contribution is -0.159. The third kappa shape index (κ3) is 5.02. The SMILES string of the molecule is C=C(CC=NCC)c1ccc(C2=NSC(c3cc(Cl)cc(Cl)c3)(C(F)(F)F)C2)cc1C. The van der Waals surface area contributed by atoms with Crippen molar-refractivity contribution >= 4 is 52.6 Å². The van der Waals surface area contributed by atoms with Crippen molar-refractivity contribution in [2.45, 2.75) is 37.6 Å². The van der Waals surface area contributed by atoms with Gasteiger partial charge in [-0.05, 0) is 77.9 Å². The minimum Gasteiger partial charge on any atom is -0.297 e. The van der Waals surface area contributed by atoms with Crippen molar-refractivity contribution in [3.63, 3.8) is 0 Å². The third-order valence-electron chi connectivity index (χ3n) is 5.10. The van der Waals surface area contributed by atoms with Gasteiger partial charge in [-0.3, -0.25) is 4.99 Å². The molecule has 0 spiro atoms. The molecule has 3 rings (SSSR count). The van der Waals surface area contributed by atoms with Crippen molar-refractivity contribution in [2.75, 3.05) is 6.54 Å². The Morgan fingerprint density at radius 3 is 2.48 bits per heavy atom. The quantitative estimate of drug-likeness (QED) is 0.300. The minimum absolute atomic E-state index is 0.00168. The van der Waals surface area contributed by atoms with E-state index in [0.29, 0.717) is 36.2 Å². The maximum absolute atomic E-state index is 14.2. The lowest BCUT2D eigenvalue weighted by Crippen LogP contribution is -2.38. The highest BCUT2D eigenvalue weighted by Crippen LogP contribution is 2.57. The maximum Gasteiger partial charge on any atom is 0.409 e. The summed E-state index contributed by atoms with van der Waals surface area (Å²) >= 11 is 12.5. The molecule has 8 heteroatoms. The second-order valence-corrected chi connectivity index (χ2v) is 9.24. The third-order valence-corrected chi connectivity index (χ3v) is 6.78. The number of alkyl halides is 3. The number of allylic oxidation sites excluding steroid dienone is 1. The molecule has 2 aromatic rings. The number of aryl methyl sites for hydroxylation is 1. The highest BCUT2D eigenvalue weighted by molar-refractivity contribution is 7.99. The minimum atomic E-state index is -4.54. The molecular formula is C23H21Cl2F3N2S. The molecule has 0 fully saturated rings. The first-order valence-electron chi connectivity index (χ1n) is 9.63. The molecule has 1 atom stereocenters. The number of halogens is 5. The largest absolute Gasteiger partial charge is 0.409 e. The number of benzene rings is 2. The molecule has 1 unspecified atom stereocenters. The Hall–Kier alpha value is -1.76. The lowest BCUT2D eigenvalue weighted by Gasteiger charge is -2.30. The highest BCUT2D eigenvalue weighted by atomic mass is 35.5. The average Bonchev–Trinajstić information content (AvgIpc) is 3.14. The summed E-state index contributed by atoms with van der Waals surface area (Å²) in [6.45, 7) is 8.68. The van der Waals surface area contributed by atoms with Crippen LogP contribution in [-0.4, -0.2) is 24.6 Å². The summed E-state index contributed by atoms with van der Waals surface area (Å²) in [4.78, 5) is 4.19. The first kappa shape index (κ1) is 23.9. The van der Waals surface area contributed by atoms with Crippen molar-refractivity contribution in [1.82, 2.24) is 0 Å². The Morgan fingerprint density at radius 1 is 1.23 bits per heavy atom. The standard InChI is InChI=1S/C23H21Cl2F3N2S/c1-4-29-8-7-14(2)20-6-5-16(9-15(20)3)21-13-22(31-30-21,23(26,27)28)17-10-18(24)12-19(25)11-17/h5-6,8-12H,2,4,7,13H2,1,3H3. The monoisotopic (exact) mass is 484 g/mol. The Balaban J connectivity index is 1.91. The van der Waals surface area contributed by atoms with Gasteiger partial charge in [0.2, 0.25) is 0 Å². The maximum atomic E-state index is 14.2. The Morgan fingerprint density at radius 2 is 1.90 bits per heavy atom. The molecule has 0 bridgehead atoms. The van der Waals surface area contributed by atoms with Crippen LogP contribution in [-0.2, 0) is 4.75 Å². The van der Waals surface area contributed by atoms with E-state index in [1.165, 1.54) is 18.2 Å². The normalized spacial score (nSPS) is 19.1. The van der Waals surface area contributed by atoms with Gasteiger partial charge in [-0.25, -0.2) is 4.40 Å². The first-order chi connectivity index (χ1) is 14.6. The van der Waals surface area contributed by atoms with Crippen LogP contribution in [0.3, 0.4) is 0 Å². The summed E-state index contributed by atoms with van der Waals surface area (Å²) in [5.41, 5.74) is 3.83. The van der Waals surface area contributed by atoms with Crippen LogP contribution in [0.25, 0.3) is 5.57 Å². The molecule has 1 heterocycles. The fraction of sp³-hybridized carbons (Fsp3) is 0.304. The molecule has 164 valence electrons. The van der Waals surface area contributed by atoms with E-state index < -0.39 is 10.9 Å². The van der Waals surface area contributed by atoms with Crippen LogP contribution in [0.4, 0.5) is 13.2 Å². The predicted molar refractivity (Wildman–Crippen MR) is 127 cm³/mol. The van der Waals surface area contributed by atoms with E-state index in [1.807, 2.05) is 32.2 Å². The van der Waals surface area contributed by atoms with E-state index >= 15 is 0 Å². The van der Waals surface area contributed by atoms with Crippen molar-refractivity contribution in [1.29, 1.82) is 0 Å². The Kier molecular flexibility index (Phi) is 7.24. The van der Waals surface area contributed by atoms with E-state index in [1.54, 1.807) is 6.07 Å². The molecule has 0 radical (unpaired) electrons. The highest BCUT2D eigenvalue weighted by Gasteiger charge is 2.60. The summed E-state index contributed by atoms with van der Waals surface area (Å²) in [5, 5.41) is 0.316. The van der Waals surface area contributed by atoms with Crippen molar-refractivity contribution in [3.8, 4) is 0 Å². The second kappa shape index (κ2) is 9.39. The van der Waals surface area contributed by atoms with Gasteiger partial charge in [0.1, 0.15) is 0 Å². The molecule has 1 aliphatic heterocycles. The van der Waals surface area contributed by atoms with E-state index in [9.17, 15) is 13.2 Å². The van der Waals surface area contributed by atoms with E-state index in [-0.39, 0.29) is 22.0 Å². The molecular weight excluding hydrogens is 464 g/mol. The number of hydrogen-bond donors (Lipinski definition) is 0. The van der Waals surface area contributed by atoms with Crippen molar-refractivity contribution in [3.05, 3.63) is 75.3 Å². The van der Waals surface area contributed by atoms with Crippen molar-refractivity contribution < 1.29 is 13.2 Å². The van der Waals surface area contributed by atoms with E-state index in [0.717, 1.165) is 16.7 Å². The van der Waals surface area contributed by atoms with Gasteiger partial charge in [-0.2, -0.15) is 13.2 Å². The molecule has 31 heavy (non-hydrogen) atoms. The summed E-state index contributed by atoms with van der Waals surface area (Å²) in [5.74, 6) is 0. The fourth-order valence-corrected chi connectivity index (χ4v) is 4.99. The topological polar surface area (TPSA) is 24.7 Å². The Labute approximate surface area is 194 Å². The zero-order valence-corrected chi connectivity index (χ0v) is 19.4. The zero-order valence-electron chi connectivity index (χ0n) is 17.1. The second-order valence-electron chi connectivity index (χ2n) is 7.31. The van der Waals surface area contributed by atoms with Crippen LogP contribution >= 0.6 is 35.1 Å². The Bertz CT molecular complexity index is 1040.